The molecule has 3 aromatic heterocycles. The summed E-state index contributed by atoms with van der Waals surface area (Å²) in [6, 6.07) is 2.08. The third-order valence-electron chi connectivity index (χ3n) is 6.68. The van der Waals surface area contributed by atoms with Gasteiger partial charge in [-0.15, -0.1) is 15.6 Å². The summed E-state index contributed by atoms with van der Waals surface area (Å²) in [5.41, 5.74) is 10.9. The highest BCUT2D eigenvalue weighted by molar-refractivity contribution is 7.80. The highest BCUT2D eigenvalue weighted by Crippen LogP contribution is 2.33. The summed E-state index contributed by atoms with van der Waals surface area (Å²) in [5.74, 6) is -3.17. The van der Waals surface area contributed by atoms with Crippen LogP contribution in [-0.4, -0.2) is 92.2 Å². The molecule has 0 aromatic carbocycles. The predicted molar refractivity (Wildman–Crippen MR) is 159 cm³/mol. The molecule has 7 N–H and O–H groups in total. The molecule has 1 aliphatic heterocycles. The van der Waals surface area contributed by atoms with Gasteiger partial charge in [-0.1, -0.05) is 5.16 Å². The van der Waals surface area contributed by atoms with Crippen molar-refractivity contribution in [1.29, 1.82) is 0 Å². The number of nitrogens with zero attached hydrogens (tertiary/aromatic N) is 6. The molecule has 21 heteroatoms. The lowest BCUT2D eigenvalue weighted by Crippen LogP contribution is -2.76. The number of rotatable bonds is 15. The smallest absolute Gasteiger partial charge is 0.418 e. The Hall–Kier alpha value is -4.70. The van der Waals surface area contributed by atoms with E-state index in [1.165, 1.54) is 19.2 Å². The summed E-state index contributed by atoms with van der Waals surface area (Å²) in [6.07, 6.45) is 4.33. The highest BCUT2D eigenvalue weighted by Gasteiger charge is 2.58. The second-order valence-electron chi connectivity index (χ2n) is 10.4. The van der Waals surface area contributed by atoms with Crippen molar-refractivity contribution in [3.63, 3.8) is 0 Å². The number of hydroxylamine groups is 2. The van der Waals surface area contributed by atoms with Crippen molar-refractivity contribution in [3.8, 4) is 17.0 Å². The van der Waals surface area contributed by atoms with E-state index in [0.29, 0.717) is 23.9 Å². The fourth-order valence-corrected chi connectivity index (χ4v) is 5.30. The summed E-state index contributed by atoms with van der Waals surface area (Å²) in [6.45, 7) is 3.44. The van der Waals surface area contributed by atoms with Crippen molar-refractivity contribution in [2.75, 3.05) is 18.9 Å². The van der Waals surface area contributed by atoms with Crippen LogP contribution in [0.5, 0.6) is 5.75 Å². The number of anilines is 1. The number of carbonyl (C=O) groups is 3. The Bertz CT molecular complexity index is 1760. The molecule has 0 spiro atoms. The number of ether oxygens (including phenoxy) is 1. The molecule has 0 radical (unpaired) electrons. The van der Waals surface area contributed by atoms with Gasteiger partial charge < -0.3 is 31.5 Å². The Morgan fingerprint density at radius 2 is 2.07 bits per heavy atom. The Kier molecular flexibility index (Phi) is 10.2. The first-order chi connectivity index (χ1) is 21.6. The predicted octanol–water partition coefficient (Wildman–Crippen LogP) is -1.14. The first-order valence-electron chi connectivity index (χ1n) is 13.5. The van der Waals surface area contributed by atoms with Crippen LogP contribution in [0, 0.1) is 0 Å². The van der Waals surface area contributed by atoms with E-state index >= 15 is 0 Å². The molecule has 3 aromatic rings. The van der Waals surface area contributed by atoms with Crippen molar-refractivity contribution in [1.82, 2.24) is 25.1 Å². The number of nitrogens with two attached hydrogens (primary N) is 2. The molecular formula is C25H32N9O10S2+. The first-order valence-corrected chi connectivity index (χ1v) is 15.7. The van der Waals surface area contributed by atoms with Crippen LogP contribution in [0.3, 0.4) is 0 Å². The summed E-state index contributed by atoms with van der Waals surface area (Å²) >= 11 is 0.956. The summed E-state index contributed by atoms with van der Waals surface area (Å²) in [5, 5.41) is 21.9. The number of hydrogen-bond acceptors (Lipinski definition) is 14. The highest BCUT2D eigenvalue weighted by atomic mass is 32.3. The van der Waals surface area contributed by atoms with Gasteiger partial charge >= 0.3 is 16.4 Å². The maximum absolute atomic E-state index is 13.2. The molecule has 2 atom stereocenters. The monoisotopic (exact) mass is 682 g/mol. The van der Waals surface area contributed by atoms with Crippen molar-refractivity contribution in [2.24, 2.45) is 17.9 Å². The number of carboxylic acids is 1. The largest absolute Gasteiger partial charge is 0.483 e. The zero-order chi connectivity index (χ0) is 33.8. The standard InChI is InChI=1S/C25H31N9O10S2/c1-25(2)20(22(36)34(25)44-46(39,40)41)30-21(35)19(16-13-45-24(27)29-16)31-43-18(23(37)38)12-42-15-5-6-17(32(3)11-15)14-9-28-33(10-14)8-4-7-26/h5-6,9-11,13,18,20H,4,7-8,12,26H2,1-3H3,(H4-,27,29,30,35,37,38,39,40,41)/p+1/b31-19-/t18-,20?/m0/s1. The molecule has 2 amide bonds. The van der Waals surface area contributed by atoms with Crippen LogP contribution in [0.15, 0.2) is 41.3 Å². The van der Waals surface area contributed by atoms with Gasteiger partial charge in [0, 0.05) is 24.2 Å². The summed E-state index contributed by atoms with van der Waals surface area (Å²) in [7, 11) is -3.24. The number of aryl methyl sites for hydroxylation is 2. The fourth-order valence-electron chi connectivity index (χ4n) is 4.29. The number of carboxylic acid groups (broad SMARTS) is 1. The molecule has 0 aliphatic carbocycles. The van der Waals surface area contributed by atoms with Gasteiger partial charge in [-0.05, 0) is 32.9 Å². The molecule has 19 nitrogen and oxygen atoms in total. The van der Waals surface area contributed by atoms with Crippen LogP contribution in [-0.2, 0) is 47.5 Å². The lowest BCUT2D eigenvalue weighted by molar-refractivity contribution is -0.660. The van der Waals surface area contributed by atoms with E-state index in [2.05, 4.69) is 24.8 Å². The van der Waals surface area contributed by atoms with E-state index in [0.717, 1.165) is 29.0 Å². The van der Waals surface area contributed by atoms with E-state index in [1.807, 2.05) is 6.20 Å². The lowest BCUT2D eigenvalue weighted by Gasteiger charge is -2.50. The molecular weight excluding hydrogens is 650 g/mol. The number of hydrogen-bond donors (Lipinski definition) is 5. The number of aliphatic carboxylic acids is 1. The molecule has 4 heterocycles. The van der Waals surface area contributed by atoms with E-state index in [-0.39, 0.29) is 10.8 Å². The maximum atomic E-state index is 13.2. The van der Waals surface area contributed by atoms with Gasteiger partial charge in [-0.25, -0.2) is 9.78 Å². The number of pyridine rings is 1. The zero-order valence-electron chi connectivity index (χ0n) is 24.8. The van der Waals surface area contributed by atoms with E-state index in [9.17, 15) is 27.9 Å². The molecule has 1 saturated heterocycles. The lowest BCUT2D eigenvalue weighted by atomic mass is 9.84. The SMILES string of the molecule is C[n+]1cc(OC[C@H](O/N=C(\C(=O)NC2C(=O)N(OS(=O)(=O)O)C2(C)C)c2csc(N)n2)C(=O)O)ccc1-c1cnn(CCCN)c1. The van der Waals surface area contributed by atoms with Crippen LogP contribution in [0.25, 0.3) is 11.3 Å². The topological polar surface area (TPSA) is 268 Å². The van der Waals surface area contributed by atoms with Crippen LogP contribution in [0.1, 0.15) is 26.0 Å². The number of nitrogen functional groups attached to an aromatic ring is 1. The van der Waals surface area contributed by atoms with Crippen LogP contribution in [0.4, 0.5) is 5.13 Å². The fraction of sp³-hybridized carbons (Fsp3) is 0.400. The average Bonchev–Trinajstić information content (AvgIpc) is 3.63. The van der Waals surface area contributed by atoms with Gasteiger partial charge in [-0.2, -0.15) is 23.1 Å². The molecule has 0 saturated carbocycles. The minimum Gasteiger partial charge on any atom is -0.483 e. The van der Waals surface area contributed by atoms with Gasteiger partial charge in [0.15, 0.2) is 16.6 Å². The minimum atomic E-state index is -5.02. The van der Waals surface area contributed by atoms with Crippen molar-refractivity contribution < 1.29 is 50.9 Å². The number of oxime groups is 1. The Morgan fingerprint density at radius 1 is 1.33 bits per heavy atom. The van der Waals surface area contributed by atoms with Gasteiger partial charge in [0.2, 0.25) is 11.9 Å². The molecule has 1 fully saturated rings. The number of thiazole rings is 1. The molecule has 1 unspecified atom stereocenters. The summed E-state index contributed by atoms with van der Waals surface area (Å²) in [4.78, 5) is 46.9. The van der Waals surface area contributed by atoms with Crippen LogP contribution >= 0.6 is 11.3 Å². The maximum Gasteiger partial charge on any atom is 0.418 e. The zero-order valence-corrected chi connectivity index (χ0v) is 26.4. The number of β-lactam (4-membered cyclic amide) rings is 1. The molecule has 46 heavy (non-hydrogen) atoms. The minimum absolute atomic E-state index is 0.0561. The molecule has 0 bridgehead atoms. The van der Waals surface area contributed by atoms with Crippen LogP contribution < -0.4 is 26.1 Å². The van der Waals surface area contributed by atoms with E-state index in [1.54, 1.807) is 40.8 Å². The third kappa shape index (κ3) is 7.92. The average molecular weight is 683 g/mol. The second kappa shape index (κ2) is 13.7. The Labute approximate surface area is 266 Å². The van der Waals surface area contributed by atoms with Gasteiger partial charge in [-0.3, -0.25) is 18.8 Å². The van der Waals surface area contributed by atoms with Crippen molar-refractivity contribution >= 4 is 50.4 Å². The third-order valence-corrected chi connectivity index (χ3v) is 7.69. The van der Waals surface area contributed by atoms with Crippen molar-refractivity contribution in [3.05, 3.63) is 41.8 Å². The van der Waals surface area contributed by atoms with E-state index in [4.69, 9.17) is 25.6 Å². The first kappa shape index (κ1) is 34.2. The number of amides is 2. The van der Waals surface area contributed by atoms with Gasteiger partial charge in [0.05, 0.1) is 17.3 Å². The number of aromatic nitrogens is 4. The summed E-state index contributed by atoms with van der Waals surface area (Å²) < 4.78 is 44.6. The molecule has 248 valence electrons. The second-order valence-corrected chi connectivity index (χ2v) is 12.3. The Balaban J connectivity index is 1.46. The van der Waals surface area contributed by atoms with Crippen LogP contribution in [0.2, 0.25) is 0 Å². The molecule has 1 aliphatic rings. The Morgan fingerprint density at radius 3 is 2.65 bits per heavy atom. The van der Waals surface area contributed by atoms with Gasteiger partial charge in [0.25, 0.3) is 17.9 Å². The quantitative estimate of drug-likeness (QED) is 0.0417. The van der Waals surface area contributed by atoms with E-state index < -0.39 is 58.2 Å². The van der Waals surface area contributed by atoms with Gasteiger partial charge in [0.1, 0.15) is 25.4 Å². The normalized spacial score (nSPS) is 16.9. The number of nitrogens with one attached hydrogen (secondary N) is 1. The molecule has 4 rings (SSSR count). The number of carbonyl (C=O) groups excluding carboxylic acids is 2. The van der Waals surface area contributed by atoms with Crippen molar-refractivity contribution in [2.45, 2.75) is 44.5 Å².